The van der Waals surface area contributed by atoms with Gasteiger partial charge < -0.3 is 9.52 Å². The summed E-state index contributed by atoms with van der Waals surface area (Å²) in [5.41, 5.74) is 3.66. The van der Waals surface area contributed by atoms with Gasteiger partial charge in [0.05, 0.1) is 17.5 Å². The Bertz CT molecular complexity index is 1460. The van der Waals surface area contributed by atoms with Crippen molar-refractivity contribution in [3.63, 3.8) is 0 Å². The molecule has 0 bridgehead atoms. The van der Waals surface area contributed by atoms with Gasteiger partial charge in [0.25, 0.3) is 11.7 Å². The van der Waals surface area contributed by atoms with E-state index in [0.717, 1.165) is 36.5 Å². The Balaban J connectivity index is 1.56. The Kier molecular flexibility index (Phi) is 4.84. The number of aliphatic hydroxyl groups excluding tert-OH is 1. The predicted molar refractivity (Wildman–Crippen MR) is 131 cm³/mol. The highest BCUT2D eigenvalue weighted by atomic mass is 16.3. The lowest BCUT2D eigenvalue weighted by atomic mass is 9.89. The molecule has 1 aliphatic heterocycles. The lowest BCUT2D eigenvalue weighted by Crippen LogP contribution is -2.29. The van der Waals surface area contributed by atoms with E-state index in [1.54, 1.807) is 12.1 Å². The average Bonchev–Trinajstić information content (AvgIpc) is 3.50. The number of anilines is 1. The summed E-state index contributed by atoms with van der Waals surface area (Å²) in [5, 5.41) is 13.2. The number of aryl methyl sites for hydroxylation is 2. The van der Waals surface area contributed by atoms with Crippen molar-refractivity contribution >= 4 is 33.9 Å². The molecule has 6 rings (SSSR count). The lowest BCUT2D eigenvalue weighted by Gasteiger charge is -2.25. The first-order chi connectivity index (χ1) is 16.6. The molecule has 1 amide bonds. The summed E-state index contributed by atoms with van der Waals surface area (Å²) < 4.78 is 5.69. The Morgan fingerprint density at radius 1 is 0.882 bits per heavy atom. The summed E-state index contributed by atoms with van der Waals surface area (Å²) >= 11 is 0. The first kappa shape index (κ1) is 20.5. The van der Waals surface area contributed by atoms with Crippen LogP contribution in [0.3, 0.4) is 0 Å². The number of aliphatic hydroxyl groups is 1. The molecule has 2 aliphatic rings. The molecule has 168 valence electrons. The summed E-state index contributed by atoms with van der Waals surface area (Å²) in [7, 11) is 0. The van der Waals surface area contributed by atoms with Crippen molar-refractivity contribution in [2.75, 3.05) is 4.90 Å². The van der Waals surface area contributed by atoms with Crippen molar-refractivity contribution in [3.05, 3.63) is 107 Å². The van der Waals surface area contributed by atoms with Gasteiger partial charge in [-0.25, -0.2) is 0 Å². The molecule has 1 fully saturated rings. The molecule has 34 heavy (non-hydrogen) atoms. The Morgan fingerprint density at radius 3 is 2.50 bits per heavy atom. The number of amides is 1. The molecule has 1 saturated heterocycles. The maximum Gasteiger partial charge on any atom is 0.300 e. The van der Waals surface area contributed by atoms with E-state index in [4.69, 9.17) is 4.42 Å². The lowest BCUT2D eigenvalue weighted by molar-refractivity contribution is -0.132. The predicted octanol–water partition coefficient (Wildman–Crippen LogP) is 5.94. The van der Waals surface area contributed by atoms with Crippen LogP contribution in [0.4, 0.5) is 5.69 Å². The molecule has 1 atom stereocenters. The zero-order valence-corrected chi connectivity index (χ0v) is 18.5. The van der Waals surface area contributed by atoms with Crippen LogP contribution in [0.25, 0.3) is 16.5 Å². The van der Waals surface area contributed by atoms with Crippen LogP contribution in [0.1, 0.15) is 41.3 Å². The van der Waals surface area contributed by atoms with Gasteiger partial charge in [0, 0.05) is 10.9 Å². The number of rotatable bonds is 3. The molecule has 2 heterocycles. The maximum absolute atomic E-state index is 13.4. The number of Topliss-reactive ketones (excluding diaryl/α,β-unsaturated/α-hetero) is 1. The van der Waals surface area contributed by atoms with Crippen LogP contribution >= 0.6 is 0 Å². The molecule has 0 saturated carbocycles. The average molecular weight is 450 g/mol. The van der Waals surface area contributed by atoms with Gasteiger partial charge in [0.1, 0.15) is 17.6 Å². The number of carbonyl (C=O) groups is 2. The van der Waals surface area contributed by atoms with Gasteiger partial charge >= 0.3 is 0 Å². The Labute approximate surface area is 196 Å². The molecule has 1 aliphatic carbocycles. The minimum absolute atomic E-state index is 0.0450. The normalized spacial score (nSPS) is 19.5. The maximum atomic E-state index is 13.4. The largest absolute Gasteiger partial charge is 0.507 e. The van der Waals surface area contributed by atoms with E-state index in [-0.39, 0.29) is 11.3 Å². The van der Waals surface area contributed by atoms with Gasteiger partial charge in [0.15, 0.2) is 0 Å². The second-order valence-corrected chi connectivity index (χ2v) is 8.87. The van der Waals surface area contributed by atoms with Crippen LogP contribution in [0.5, 0.6) is 0 Å². The third-order valence-corrected chi connectivity index (χ3v) is 6.91. The van der Waals surface area contributed by atoms with Crippen LogP contribution in [0.15, 0.2) is 89.0 Å². The molecule has 1 unspecified atom stereocenters. The van der Waals surface area contributed by atoms with Crippen molar-refractivity contribution in [1.29, 1.82) is 0 Å². The highest BCUT2D eigenvalue weighted by Gasteiger charge is 2.48. The van der Waals surface area contributed by atoms with Crippen molar-refractivity contribution in [2.45, 2.75) is 31.7 Å². The molecule has 5 heteroatoms. The second-order valence-electron chi connectivity index (χ2n) is 8.87. The summed E-state index contributed by atoms with van der Waals surface area (Å²) in [6.45, 7) is 0. The summed E-state index contributed by atoms with van der Waals surface area (Å²) in [5.74, 6) is -1.15. The van der Waals surface area contributed by atoms with E-state index in [2.05, 4.69) is 0 Å². The fourth-order valence-electron chi connectivity index (χ4n) is 5.25. The minimum Gasteiger partial charge on any atom is -0.507 e. The fourth-order valence-corrected chi connectivity index (χ4v) is 5.25. The quantitative estimate of drug-likeness (QED) is 0.239. The number of ketones is 1. The minimum atomic E-state index is -0.864. The number of hydrogen-bond donors (Lipinski definition) is 1. The van der Waals surface area contributed by atoms with E-state index in [0.29, 0.717) is 17.0 Å². The van der Waals surface area contributed by atoms with Crippen LogP contribution in [0.2, 0.25) is 0 Å². The van der Waals surface area contributed by atoms with E-state index in [9.17, 15) is 14.7 Å². The number of hydrogen-bond acceptors (Lipinski definition) is 4. The monoisotopic (exact) mass is 449 g/mol. The van der Waals surface area contributed by atoms with Gasteiger partial charge in [-0.3, -0.25) is 14.5 Å². The second kappa shape index (κ2) is 8.03. The number of furan rings is 1. The molecule has 3 aromatic carbocycles. The standard InChI is InChI=1S/C29H23NO4/c31-27(21-15-14-18-7-1-2-9-20(18)17-21)25-26(24-13-6-16-34-24)30(29(33)28(25)32)23-12-5-10-19-8-3-4-11-22(19)23/h3-6,8,10-17,26,31H,1-2,7,9H2/b27-25-. The molecule has 1 N–H and O–H groups in total. The molecular weight excluding hydrogens is 426 g/mol. The van der Waals surface area contributed by atoms with E-state index < -0.39 is 17.7 Å². The molecule has 4 aromatic rings. The number of benzene rings is 3. The number of nitrogens with zero attached hydrogens (tertiary/aromatic N) is 1. The zero-order chi connectivity index (χ0) is 23.2. The van der Waals surface area contributed by atoms with Crippen LogP contribution in [0, 0.1) is 0 Å². The molecular formula is C29H23NO4. The summed E-state index contributed by atoms with van der Waals surface area (Å²) in [4.78, 5) is 28.3. The Hall–Kier alpha value is -4.12. The van der Waals surface area contributed by atoms with Gasteiger partial charge in [0.2, 0.25) is 0 Å². The summed E-state index contributed by atoms with van der Waals surface area (Å²) in [6, 6.07) is 21.8. The smallest absolute Gasteiger partial charge is 0.300 e. The highest BCUT2D eigenvalue weighted by molar-refractivity contribution is 6.52. The van der Waals surface area contributed by atoms with Gasteiger partial charge in [-0.05, 0) is 66.5 Å². The van der Waals surface area contributed by atoms with Crippen molar-refractivity contribution in [3.8, 4) is 0 Å². The van der Waals surface area contributed by atoms with E-state index >= 15 is 0 Å². The third-order valence-electron chi connectivity index (χ3n) is 6.91. The van der Waals surface area contributed by atoms with Gasteiger partial charge in [-0.1, -0.05) is 48.5 Å². The molecule has 0 spiro atoms. The molecule has 0 radical (unpaired) electrons. The van der Waals surface area contributed by atoms with Crippen molar-refractivity contribution in [1.82, 2.24) is 0 Å². The third kappa shape index (κ3) is 3.16. The topological polar surface area (TPSA) is 70.8 Å². The van der Waals surface area contributed by atoms with Gasteiger partial charge in [-0.15, -0.1) is 0 Å². The Morgan fingerprint density at radius 2 is 1.68 bits per heavy atom. The van der Waals surface area contributed by atoms with Crippen LogP contribution in [-0.2, 0) is 22.4 Å². The van der Waals surface area contributed by atoms with Gasteiger partial charge in [-0.2, -0.15) is 0 Å². The van der Waals surface area contributed by atoms with Crippen molar-refractivity contribution < 1.29 is 19.1 Å². The highest BCUT2D eigenvalue weighted by Crippen LogP contribution is 2.44. The van der Waals surface area contributed by atoms with Crippen molar-refractivity contribution in [2.24, 2.45) is 0 Å². The fraction of sp³-hybridized carbons (Fsp3) is 0.172. The number of fused-ring (bicyclic) bond motifs is 2. The zero-order valence-electron chi connectivity index (χ0n) is 18.5. The molecule has 5 nitrogen and oxygen atoms in total. The van der Waals surface area contributed by atoms with E-state index in [1.165, 1.54) is 22.3 Å². The van der Waals surface area contributed by atoms with Crippen LogP contribution < -0.4 is 4.90 Å². The first-order valence-corrected chi connectivity index (χ1v) is 11.6. The summed E-state index contributed by atoms with van der Waals surface area (Å²) in [6.07, 6.45) is 5.75. The first-order valence-electron chi connectivity index (χ1n) is 11.6. The van der Waals surface area contributed by atoms with E-state index in [1.807, 2.05) is 60.7 Å². The number of carbonyl (C=O) groups excluding carboxylic acids is 2. The molecule has 1 aromatic heterocycles. The SMILES string of the molecule is O=C1C(=O)N(c2cccc3ccccc23)C(c2ccco2)/C1=C(/O)c1ccc2c(c1)CCCC2. The van der Waals surface area contributed by atoms with Crippen LogP contribution in [-0.4, -0.2) is 16.8 Å².